The monoisotopic (exact) mass is 331 g/mol. The molecule has 1 unspecified atom stereocenters. The number of benzene rings is 1. The van der Waals surface area contributed by atoms with Gasteiger partial charge in [-0.05, 0) is 30.5 Å². The predicted octanol–water partition coefficient (Wildman–Crippen LogP) is 1.05. The summed E-state index contributed by atoms with van der Waals surface area (Å²) in [6, 6.07) is 2.75. The first-order valence-corrected chi connectivity index (χ1v) is 6.88. The molecule has 0 saturated heterocycles. The molecule has 0 spiro atoms. The second kappa shape index (κ2) is 6.45. The van der Waals surface area contributed by atoms with E-state index in [1.807, 2.05) is 0 Å². The topological polar surface area (TPSA) is 104 Å². The van der Waals surface area contributed by atoms with Gasteiger partial charge in [-0.25, -0.2) is 4.79 Å². The van der Waals surface area contributed by atoms with Crippen LogP contribution in [-0.2, 0) is 11.0 Å². The van der Waals surface area contributed by atoms with Crippen LogP contribution in [0.1, 0.15) is 30.1 Å². The number of rotatable bonds is 4. The second-order valence-electron chi connectivity index (χ2n) is 5.40. The lowest BCUT2D eigenvalue weighted by atomic mass is 9.86. The number of hydrogen-bond donors (Lipinski definition) is 4. The fourth-order valence-corrected chi connectivity index (χ4v) is 2.34. The summed E-state index contributed by atoms with van der Waals surface area (Å²) < 4.78 is 37.4. The highest BCUT2D eigenvalue weighted by Crippen LogP contribution is 2.30. The molecule has 0 aliphatic heterocycles. The van der Waals surface area contributed by atoms with Crippen LogP contribution in [0.15, 0.2) is 24.3 Å². The van der Waals surface area contributed by atoms with Gasteiger partial charge in [0.25, 0.3) is 5.91 Å². The number of carbonyl (C=O) groups excluding carboxylic acids is 2. The number of primary amides is 1. The largest absolute Gasteiger partial charge is 0.416 e. The third-order valence-corrected chi connectivity index (χ3v) is 3.63. The summed E-state index contributed by atoms with van der Waals surface area (Å²) in [6.07, 6.45) is -5.07. The molecule has 0 aromatic heterocycles. The minimum Gasteiger partial charge on any atom is -0.378 e. The first kappa shape index (κ1) is 17.1. The average molecular weight is 331 g/mol. The summed E-state index contributed by atoms with van der Waals surface area (Å²) in [5, 5.41) is 14.9. The maximum atomic E-state index is 12.5. The lowest BCUT2D eigenvalue weighted by Crippen LogP contribution is -2.55. The summed E-state index contributed by atoms with van der Waals surface area (Å²) in [7, 11) is 0. The summed E-state index contributed by atoms with van der Waals surface area (Å²) >= 11 is 0. The second-order valence-corrected chi connectivity index (χ2v) is 5.40. The molecule has 0 bridgehead atoms. The predicted molar refractivity (Wildman–Crippen MR) is 74.1 cm³/mol. The lowest BCUT2D eigenvalue weighted by molar-refractivity contribution is -0.137. The van der Waals surface area contributed by atoms with E-state index in [1.165, 1.54) is 0 Å². The third kappa shape index (κ3) is 4.35. The number of nitrogens with one attached hydrogen (secondary N) is 2. The quantitative estimate of drug-likeness (QED) is 0.663. The van der Waals surface area contributed by atoms with Crippen LogP contribution in [0.5, 0.6) is 0 Å². The van der Waals surface area contributed by atoms with Crippen molar-refractivity contribution in [3.8, 4) is 0 Å². The van der Waals surface area contributed by atoms with Gasteiger partial charge in [0, 0.05) is 12.1 Å². The van der Waals surface area contributed by atoms with Crippen molar-refractivity contribution in [2.75, 3.05) is 0 Å². The van der Waals surface area contributed by atoms with E-state index in [1.54, 1.807) is 0 Å². The Hall–Kier alpha value is -2.29. The number of carbonyl (C=O) groups is 2. The van der Waals surface area contributed by atoms with Crippen molar-refractivity contribution in [2.45, 2.75) is 37.2 Å². The first-order chi connectivity index (χ1) is 10.7. The van der Waals surface area contributed by atoms with E-state index in [9.17, 15) is 27.9 Å². The molecule has 1 fully saturated rings. The molecule has 1 aromatic rings. The summed E-state index contributed by atoms with van der Waals surface area (Å²) in [5.41, 5.74) is 4.18. The highest BCUT2D eigenvalue weighted by atomic mass is 19.4. The van der Waals surface area contributed by atoms with E-state index in [0.717, 1.165) is 24.3 Å². The molecular formula is C14H16F3N3O3. The number of urea groups is 1. The molecule has 3 amide bonds. The van der Waals surface area contributed by atoms with Crippen molar-refractivity contribution in [1.82, 2.24) is 10.6 Å². The molecule has 1 aliphatic rings. The van der Waals surface area contributed by atoms with Crippen LogP contribution < -0.4 is 16.4 Å². The molecular weight excluding hydrogens is 315 g/mol. The minimum atomic E-state index is -4.47. The van der Waals surface area contributed by atoms with Crippen molar-refractivity contribution < 1.29 is 27.9 Å². The minimum absolute atomic E-state index is 0.0710. The number of nitrogens with two attached hydrogens (primary N) is 1. The summed E-state index contributed by atoms with van der Waals surface area (Å²) in [5.74, 6) is -0.702. The standard InChI is InChI=1S/C14H16F3N3O3/c15-14(16,17)8-3-1-7(2-4-8)11(21)12(22)19-9-5-10(6-9)20-13(18)23/h1-4,9-11,21H,5-6H2,(H,19,22)(H3,18,20,23). The SMILES string of the molecule is NC(=O)NC1CC(NC(=O)C(O)c2ccc(C(F)(F)F)cc2)C1. The smallest absolute Gasteiger partial charge is 0.378 e. The highest BCUT2D eigenvalue weighted by molar-refractivity contribution is 5.82. The lowest BCUT2D eigenvalue weighted by Gasteiger charge is -2.36. The van der Waals surface area contributed by atoms with Crippen LogP contribution >= 0.6 is 0 Å². The number of aliphatic hydroxyl groups excluding tert-OH is 1. The Labute approximate surface area is 129 Å². The summed E-state index contributed by atoms with van der Waals surface area (Å²) in [4.78, 5) is 22.5. The van der Waals surface area contributed by atoms with E-state index in [0.29, 0.717) is 12.8 Å². The Kier molecular flexibility index (Phi) is 4.79. The van der Waals surface area contributed by atoms with Gasteiger partial charge in [-0.3, -0.25) is 4.79 Å². The molecule has 5 N–H and O–H groups in total. The molecule has 9 heteroatoms. The van der Waals surface area contributed by atoms with Gasteiger partial charge in [0.05, 0.1) is 5.56 Å². The van der Waals surface area contributed by atoms with Crippen molar-refractivity contribution in [1.29, 1.82) is 0 Å². The van der Waals surface area contributed by atoms with Crippen LogP contribution in [0.25, 0.3) is 0 Å². The number of halogens is 3. The van der Waals surface area contributed by atoms with Crippen molar-refractivity contribution in [3.05, 3.63) is 35.4 Å². The maximum Gasteiger partial charge on any atom is 0.416 e. The van der Waals surface area contributed by atoms with Crippen LogP contribution in [0.3, 0.4) is 0 Å². The van der Waals surface area contributed by atoms with Crippen LogP contribution in [0, 0.1) is 0 Å². The van der Waals surface area contributed by atoms with E-state index in [-0.39, 0.29) is 17.6 Å². The zero-order valence-electron chi connectivity index (χ0n) is 11.9. The van der Waals surface area contributed by atoms with Gasteiger partial charge in [0.15, 0.2) is 6.10 Å². The molecule has 0 heterocycles. The zero-order chi connectivity index (χ0) is 17.2. The van der Waals surface area contributed by atoms with Gasteiger partial charge < -0.3 is 21.5 Å². The molecule has 6 nitrogen and oxygen atoms in total. The van der Waals surface area contributed by atoms with E-state index >= 15 is 0 Å². The Balaban J connectivity index is 1.87. The molecule has 1 atom stereocenters. The molecule has 1 saturated carbocycles. The molecule has 126 valence electrons. The van der Waals surface area contributed by atoms with Gasteiger partial charge in [-0.15, -0.1) is 0 Å². The summed E-state index contributed by atoms with van der Waals surface area (Å²) in [6.45, 7) is 0. The molecule has 2 rings (SSSR count). The van der Waals surface area contributed by atoms with Crippen LogP contribution in [-0.4, -0.2) is 29.1 Å². The Morgan fingerprint density at radius 3 is 2.13 bits per heavy atom. The fraction of sp³-hybridized carbons (Fsp3) is 0.429. The molecule has 1 aliphatic carbocycles. The van der Waals surface area contributed by atoms with Gasteiger partial charge in [0.2, 0.25) is 0 Å². The van der Waals surface area contributed by atoms with Crippen molar-refractivity contribution in [2.24, 2.45) is 5.73 Å². The third-order valence-electron chi connectivity index (χ3n) is 3.63. The van der Waals surface area contributed by atoms with Gasteiger partial charge in [-0.1, -0.05) is 12.1 Å². The van der Waals surface area contributed by atoms with E-state index < -0.39 is 29.8 Å². The van der Waals surface area contributed by atoms with Crippen molar-refractivity contribution in [3.63, 3.8) is 0 Å². The highest BCUT2D eigenvalue weighted by Gasteiger charge is 2.33. The Morgan fingerprint density at radius 2 is 1.65 bits per heavy atom. The van der Waals surface area contributed by atoms with E-state index in [2.05, 4.69) is 10.6 Å². The number of amides is 3. The Morgan fingerprint density at radius 1 is 1.13 bits per heavy atom. The van der Waals surface area contributed by atoms with Gasteiger partial charge in [-0.2, -0.15) is 13.2 Å². The molecule has 23 heavy (non-hydrogen) atoms. The molecule has 0 radical (unpaired) electrons. The van der Waals surface area contributed by atoms with Gasteiger partial charge in [0.1, 0.15) is 0 Å². The van der Waals surface area contributed by atoms with Crippen LogP contribution in [0.2, 0.25) is 0 Å². The number of alkyl halides is 3. The van der Waals surface area contributed by atoms with Crippen molar-refractivity contribution >= 4 is 11.9 Å². The van der Waals surface area contributed by atoms with Crippen LogP contribution in [0.4, 0.5) is 18.0 Å². The fourth-order valence-electron chi connectivity index (χ4n) is 2.34. The number of aliphatic hydroxyl groups is 1. The average Bonchev–Trinajstić information content (AvgIpc) is 2.42. The Bertz CT molecular complexity index is 583. The zero-order valence-corrected chi connectivity index (χ0v) is 11.9. The first-order valence-electron chi connectivity index (χ1n) is 6.88. The normalized spacial score (nSPS) is 21.9. The molecule has 1 aromatic carbocycles. The van der Waals surface area contributed by atoms with Gasteiger partial charge >= 0.3 is 12.2 Å². The van der Waals surface area contributed by atoms with E-state index in [4.69, 9.17) is 5.73 Å². The number of hydrogen-bond acceptors (Lipinski definition) is 3. The maximum absolute atomic E-state index is 12.5.